The average molecular weight is 267 g/mol. The predicted octanol–water partition coefficient (Wildman–Crippen LogP) is 4.45. The Morgan fingerprint density at radius 3 is 2.61 bits per heavy atom. The first-order chi connectivity index (χ1) is 8.54. The van der Waals surface area contributed by atoms with Gasteiger partial charge in [-0.2, -0.15) is 0 Å². The molecule has 18 heavy (non-hydrogen) atoms. The largest absolute Gasteiger partial charge is 0.493 e. The summed E-state index contributed by atoms with van der Waals surface area (Å²) < 4.78 is 5.70. The normalized spacial score (nSPS) is 14.9. The van der Waals surface area contributed by atoms with Crippen molar-refractivity contribution >= 4 is 17.4 Å². The number of hydrogen-bond donors (Lipinski definition) is 0. The summed E-state index contributed by atoms with van der Waals surface area (Å²) in [5.41, 5.74) is 1.68. The van der Waals surface area contributed by atoms with E-state index >= 15 is 0 Å². The number of ether oxygens (including phenoxy) is 1. The molecule has 0 amide bonds. The molecule has 1 aliphatic rings. The Kier molecular flexibility index (Phi) is 3.96. The van der Waals surface area contributed by atoms with Crippen molar-refractivity contribution < 1.29 is 9.53 Å². The highest BCUT2D eigenvalue weighted by Crippen LogP contribution is 2.39. The highest BCUT2D eigenvalue weighted by Gasteiger charge is 2.33. The van der Waals surface area contributed by atoms with Crippen molar-refractivity contribution in [2.24, 2.45) is 5.92 Å². The number of halogens is 1. The smallest absolute Gasteiger partial charge is 0.169 e. The van der Waals surface area contributed by atoms with E-state index in [-0.39, 0.29) is 17.6 Å². The third kappa shape index (κ3) is 2.69. The highest BCUT2D eigenvalue weighted by molar-refractivity contribution is 6.31. The van der Waals surface area contributed by atoms with Crippen LogP contribution in [0, 0.1) is 5.92 Å². The van der Waals surface area contributed by atoms with Gasteiger partial charge < -0.3 is 4.74 Å². The molecule has 1 aromatic rings. The molecule has 2 rings (SSSR count). The molecule has 0 saturated heterocycles. The summed E-state index contributed by atoms with van der Waals surface area (Å²) in [5, 5.41) is 0.617. The lowest BCUT2D eigenvalue weighted by Crippen LogP contribution is -2.09. The van der Waals surface area contributed by atoms with Crippen LogP contribution in [-0.4, -0.2) is 12.4 Å². The van der Waals surface area contributed by atoms with Crippen molar-refractivity contribution in [3.63, 3.8) is 0 Å². The highest BCUT2D eigenvalue weighted by atomic mass is 35.5. The third-order valence-corrected chi connectivity index (χ3v) is 3.42. The summed E-state index contributed by atoms with van der Waals surface area (Å²) in [4.78, 5) is 12.3. The molecule has 0 aliphatic heterocycles. The van der Waals surface area contributed by atoms with Crippen molar-refractivity contribution in [1.29, 1.82) is 0 Å². The fourth-order valence-electron chi connectivity index (χ4n) is 2.10. The molecule has 1 aromatic carbocycles. The fourth-order valence-corrected chi connectivity index (χ4v) is 2.32. The van der Waals surface area contributed by atoms with Gasteiger partial charge in [-0.3, -0.25) is 4.79 Å². The Balaban J connectivity index is 2.50. The topological polar surface area (TPSA) is 26.3 Å². The number of benzene rings is 1. The van der Waals surface area contributed by atoms with Gasteiger partial charge in [-0.05, 0) is 43.4 Å². The summed E-state index contributed by atoms with van der Waals surface area (Å²) in [7, 11) is 0. The second-order valence-corrected chi connectivity index (χ2v) is 5.53. The van der Waals surface area contributed by atoms with Crippen molar-refractivity contribution in [2.45, 2.75) is 39.5 Å². The van der Waals surface area contributed by atoms with Gasteiger partial charge in [0.1, 0.15) is 5.75 Å². The fraction of sp³-hybridized carbons (Fsp3) is 0.533. The van der Waals surface area contributed by atoms with E-state index in [1.54, 1.807) is 6.07 Å². The quantitative estimate of drug-likeness (QED) is 0.736. The third-order valence-electron chi connectivity index (χ3n) is 3.21. The molecule has 1 aliphatic carbocycles. The van der Waals surface area contributed by atoms with Gasteiger partial charge in [0.05, 0.1) is 12.2 Å². The molecule has 0 aromatic heterocycles. The maximum atomic E-state index is 12.3. The summed E-state index contributed by atoms with van der Waals surface area (Å²) in [6.45, 7) is 6.66. The molecule has 98 valence electrons. The molecule has 0 unspecified atom stereocenters. The van der Waals surface area contributed by atoms with Gasteiger partial charge in [0.25, 0.3) is 0 Å². The van der Waals surface area contributed by atoms with Gasteiger partial charge >= 0.3 is 0 Å². The molecule has 0 N–H and O–H groups in total. The van der Waals surface area contributed by atoms with E-state index in [4.69, 9.17) is 16.3 Å². The Hall–Kier alpha value is -1.02. The Morgan fingerprint density at radius 2 is 2.11 bits per heavy atom. The lowest BCUT2D eigenvalue weighted by Gasteiger charge is -2.17. The number of ketones is 1. The molecular formula is C15H19ClO2. The first kappa shape index (κ1) is 13.4. The van der Waals surface area contributed by atoms with Crippen LogP contribution in [0.5, 0.6) is 5.75 Å². The SMILES string of the molecule is CCOc1c(C(=O)C2CC2)cc(Cl)cc1C(C)C. The summed E-state index contributed by atoms with van der Waals surface area (Å²) in [5.74, 6) is 1.38. The Bertz CT molecular complexity index is 462. The van der Waals surface area contributed by atoms with E-state index < -0.39 is 0 Å². The van der Waals surface area contributed by atoms with Gasteiger partial charge in [-0.25, -0.2) is 0 Å². The predicted molar refractivity (Wildman–Crippen MR) is 73.8 cm³/mol. The van der Waals surface area contributed by atoms with Crippen LogP contribution < -0.4 is 4.74 Å². The van der Waals surface area contributed by atoms with Crippen LogP contribution in [-0.2, 0) is 0 Å². The molecule has 1 fully saturated rings. The van der Waals surface area contributed by atoms with E-state index in [0.717, 1.165) is 24.2 Å². The molecule has 0 radical (unpaired) electrons. The molecular weight excluding hydrogens is 248 g/mol. The monoisotopic (exact) mass is 266 g/mol. The van der Waals surface area contributed by atoms with Gasteiger partial charge in [0.2, 0.25) is 0 Å². The second-order valence-electron chi connectivity index (χ2n) is 5.10. The molecule has 0 bridgehead atoms. The lowest BCUT2D eigenvalue weighted by atomic mass is 9.96. The minimum absolute atomic E-state index is 0.183. The Morgan fingerprint density at radius 1 is 1.44 bits per heavy atom. The van der Waals surface area contributed by atoms with Crippen molar-refractivity contribution in [3.8, 4) is 5.75 Å². The number of Topliss-reactive ketones (excluding diaryl/α,β-unsaturated/α-hetero) is 1. The van der Waals surface area contributed by atoms with Gasteiger partial charge in [0, 0.05) is 10.9 Å². The standard InChI is InChI=1S/C15H19ClO2/c1-4-18-15-12(9(2)3)7-11(16)8-13(15)14(17)10-5-6-10/h7-10H,4-6H2,1-3H3. The van der Waals surface area contributed by atoms with Gasteiger partial charge in [-0.15, -0.1) is 0 Å². The zero-order chi connectivity index (χ0) is 13.3. The van der Waals surface area contributed by atoms with E-state index in [0.29, 0.717) is 17.2 Å². The summed E-state index contributed by atoms with van der Waals surface area (Å²) >= 11 is 6.13. The lowest BCUT2D eigenvalue weighted by molar-refractivity contribution is 0.0963. The van der Waals surface area contributed by atoms with Gasteiger partial charge in [-0.1, -0.05) is 25.4 Å². The van der Waals surface area contributed by atoms with Crippen LogP contribution >= 0.6 is 11.6 Å². The van der Waals surface area contributed by atoms with Crippen LogP contribution in [0.3, 0.4) is 0 Å². The zero-order valence-corrected chi connectivity index (χ0v) is 11.9. The zero-order valence-electron chi connectivity index (χ0n) is 11.1. The summed E-state index contributed by atoms with van der Waals surface area (Å²) in [6.07, 6.45) is 1.99. The maximum absolute atomic E-state index is 12.3. The van der Waals surface area contributed by atoms with Crippen LogP contribution in [0.4, 0.5) is 0 Å². The van der Waals surface area contributed by atoms with E-state index in [9.17, 15) is 4.79 Å². The van der Waals surface area contributed by atoms with Crippen LogP contribution in [0.2, 0.25) is 5.02 Å². The molecule has 1 saturated carbocycles. The molecule has 3 heteroatoms. The van der Waals surface area contributed by atoms with Crippen LogP contribution in [0.25, 0.3) is 0 Å². The maximum Gasteiger partial charge on any atom is 0.169 e. The summed E-state index contributed by atoms with van der Waals surface area (Å²) in [6, 6.07) is 3.65. The minimum atomic E-state index is 0.183. The number of carbonyl (C=O) groups excluding carboxylic acids is 1. The van der Waals surface area contributed by atoms with Crippen LogP contribution in [0.1, 0.15) is 55.5 Å². The molecule has 0 heterocycles. The van der Waals surface area contributed by atoms with E-state index in [2.05, 4.69) is 13.8 Å². The number of carbonyl (C=O) groups is 1. The number of rotatable bonds is 5. The van der Waals surface area contributed by atoms with Crippen molar-refractivity contribution in [2.75, 3.05) is 6.61 Å². The average Bonchev–Trinajstić information content (AvgIpc) is 3.13. The van der Waals surface area contributed by atoms with Crippen LogP contribution in [0.15, 0.2) is 12.1 Å². The van der Waals surface area contributed by atoms with Crippen molar-refractivity contribution in [1.82, 2.24) is 0 Å². The first-order valence-electron chi connectivity index (χ1n) is 6.55. The van der Waals surface area contributed by atoms with E-state index in [1.165, 1.54) is 0 Å². The molecule has 0 spiro atoms. The van der Waals surface area contributed by atoms with E-state index in [1.807, 2.05) is 13.0 Å². The number of hydrogen-bond acceptors (Lipinski definition) is 2. The first-order valence-corrected chi connectivity index (χ1v) is 6.92. The van der Waals surface area contributed by atoms with Gasteiger partial charge in [0.15, 0.2) is 5.78 Å². The van der Waals surface area contributed by atoms with Crippen molar-refractivity contribution in [3.05, 3.63) is 28.3 Å². The molecule has 2 nitrogen and oxygen atoms in total. The molecule has 0 atom stereocenters. The second kappa shape index (κ2) is 5.31. The minimum Gasteiger partial charge on any atom is -0.493 e. The Labute approximate surface area is 113 Å².